The maximum absolute atomic E-state index is 5.84. The summed E-state index contributed by atoms with van der Waals surface area (Å²) in [6.45, 7) is 4.25. The van der Waals surface area contributed by atoms with E-state index in [2.05, 4.69) is 12.2 Å². The molecule has 2 fully saturated rings. The van der Waals surface area contributed by atoms with Crippen LogP contribution in [0.4, 0.5) is 0 Å². The van der Waals surface area contributed by atoms with Crippen LogP contribution in [-0.2, 0) is 0 Å². The molecule has 0 spiro atoms. The lowest BCUT2D eigenvalue weighted by atomic mass is 9.96. The molecule has 0 amide bonds. The highest BCUT2D eigenvalue weighted by atomic mass is 15.0. The molecule has 0 bridgehead atoms. The lowest BCUT2D eigenvalue weighted by Crippen LogP contribution is -2.50. The van der Waals surface area contributed by atoms with Crippen LogP contribution >= 0.6 is 0 Å². The smallest absolute Gasteiger partial charge is 0.0303 e. The summed E-state index contributed by atoms with van der Waals surface area (Å²) in [5.41, 5.74) is 6.08. The van der Waals surface area contributed by atoms with Gasteiger partial charge in [-0.3, -0.25) is 0 Å². The molecule has 0 saturated heterocycles. The maximum atomic E-state index is 5.84. The molecule has 14 heavy (non-hydrogen) atoms. The van der Waals surface area contributed by atoms with Crippen molar-refractivity contribution in [3.8, 4) is 0 Å². The first-order valence-electron chi connectivity index (χ1n) is 6.20. The fraction of sp³-hybridized carbons (Fsp3) is 1.00. The number of hydrogen-bond donors (Lipinski definition) is 2. The summed E-state index contributed by atoms with van der Waals surface area (Å²) in [5, 5.41) is 3.67. The van der Waals surface area contributed by atoms with Gasteiger partial charge in [0.1, 0.15) is 0 Å². The van der Waals surface area contributed by atoms with E-state index >= 15 is 0 Å². The second-order valence-corrected chi connectivity index (χ2v) is 5.41. The summed E-state index contributed by atoms with van der Waals surface area (Å²) < 4.78 is 0. The summed E-state index contributed by atoms with van der Waals surface area (Å²) in [5.74, 6) is 1.93. The van der Waals surface area contributed by atoms with E-state index < -0.39 is 0 Å². The van der Waals surface area contributed by atoms with Crippen LogP contribution in [-0.4, -0.2) is 18.6 Å². The lowest BCUT2D eigenvalue weighted by Gasteiger charge is -2.29. The van der Waals surface area contributed by atoms with Crippen molar-refractivity contribution in [3.63, 3.8) is 0 Å². The van der Waals surface area contributed by atoms with Gasteiger partial charge in [-0.05, 0) is 51.0 Å². The Bertz CT molecular complexity index is 185. The molecule has 2 saturated carbocycles. The van der Waals surface area contributed by atoms with Crippen molar-refractivity contribution >= 4 is 0 Å². The minimum atomic E-state index is 0.240. The van der Waals surface area contributed by atoms with Crippen molar-refractivity contribution in [2.24, 2.45) is 17.6 Å². The van der Waals surface area contributed by atoms with Gasteiger partial charge in [0, 0.05) is 12.1 Å². The van der Waals surface area contributed by atoms with Crippen molar-refractivity contribution < 1.29 is 0 Å². The van der Waals surface area contributed by atoms with Gasteiger partial charge in [0.25, 0.3) is 0 Å². The Morgan fingerprint density at radius 3 is 2.50 bits per heavy atom. The van der Waals surface area contributed by atoms with Crippen LogP contribution in [0.5, 0.6) is 0 Å². The van der Waals surface area contributed by atoms with Gasteiger partial charge in [-0.1, -0.05) is 12.8 Å². The maximum Gasteiger partial charge on any atom is 0.0303 e. The van der Waals surface area contributed by atoms with E-state index in [4.69, 9.17) is 5.73 Å². The fourth-order valence-corrected chi connectivity index (χ4v) is 2.27. The van der Waals surface area contributed by atoms with Crippen molar-refractivity contribution in [2.45, 2.75) is 51.0 Å². The molecule has 2 aliphatic carbocycles. The fourth-order valence-electron chi connectivity index (χ4n) is 2.27. The molecule has 1 unspecified atom stereocenters. The summed E-state index contributed by atoms with van der Waals surface area (Å²) in [7, 11) is 0. The van der Waals surface area contributed by atoms with Crippen LogP contribution in [0.3, 0.4) is 0 Å². The van der Waals surface area contributed by atoms with Crippen molar-refractivity contribution in [3.05, 3.63) is 0 Å². The molecule has 0 aromatic heterocycles. The Kier molecular flexibility index (Phi) is 3.13. The average molecular weight is 196 g/mol. The van der Waals surface area contributed by atoms with Gasteiger partial charge in [-0.25, -0.2) is 0 Å². The zero-order valence-corrected chi connectivity index (χ0v) is 9.39. The first kappa shape index (κ1) is 10.4. The van der Waals surface area contributed by atoms with Gasteiger partial charge in [0.05, 0.1) is 0 Å². The number of rotatable bonds is 7. The molecule has 0 aromatic rings. The molecule has 82 valence electrons. The molecule has 2 rings (SSSR count). The Morgan fingerprint density at radius 1 is 1.29 bits per heavy atom. The highest BCUT2D eigenvalue weighted by Crippen LogP contribution is 2.39. The normalized spacial score (nSPS) is 26.1. The molecule has 1 atom stereocenters. The third-order valence-corrected chi connectivity index (χ3v) is 3.92. The molecular formula is C12H24N2. The predicted molar refractivity (Wildman–Crippen MR) is 60.1 cm³/mol. The first-order valence-corrected chi connectivity index (χ1v) is 6.20. The number of hydrogen-bond acceptors (Lipinski definition) is 2. The first-order chi connectivity index (χ1) is 6.74. The molecule has 0 radical (unpaired) electrons. The van der Waals surface area contributed by atoms with Crippen molar-refractivity contribution in [1.82, 2.24) is 5.32 Å². The van der Waals surface area contributed by atoms with Crippen LogP contribution in [0, 0.1) is 11.8 Å². The zero-order chi connectivity index (χ0) is 10.0. The quantitative estimate of drug-likeness (QED) is 0.610. The lowest BCUT2D eigenvalue weighted by molar-refractivity contribution is 0.316. The van der Waals surface area contributed by atoms with Crippen LogP contribution in [0.15, 0.2) is 0 Å². The van der Waals surface area contributed by atoms with E-state index in [1.807, 2.05) is 0 Å². The largest absolute Gasteiger partial charge is 0.329 e. The van der Waals surface area contributed by atoms with Gasteiger partial charge >= 0.3 is 0 Å². The highest BCUT2D eigenvalue weighted by molar-refractivity contribution is 4.98. The predicted octanol–water partition coefficient (Wildman–Crippen LogP) is 1.89. The Hall–Kier alpha value is -0.0800. The van der Waals surface area contributed by atoms with Crippen molar-refractivity contribution in [2.75, 3.05) is 13.1 Å². The van der Waals surface area contributed by atoms with E-state index in [0.29, 0.717) is 0 Å². The van der Waals surface area contributed by atoms with Gasteiger partial charge in [-0.2, -0.15) is 0 Å². The standard InChI is InChI=1S/C12H24N2/c1-12(9-13,11-6-7-11)14-8-2-3-10-4-5-10/h10-11,14H,2-9,13H2,1H3. The monoisotopic (exact) mass is 196 g/mol. The Balaban J connectivity index is 1.60. The van der Waals surface area contributed by atoms with E-state index in [1.165, 1.54) is 45.1 Å². The SMILES string of the molecule is CC(CN)(NCCCC1CC1)C1CC1. The van der Waals surface area contributed by atoms with E-state index in [-0.39, 0.29) is 5.54 Å². The summed E-state index contributed by atoms with van der Waals surface area (Å²) >= 11 is 0. The number of nitrogens with one attached hydrogen (secondary N) is 1. The van der Waals surface area contributed by atoms with E-state index in [9.17, 15) is 0 Å². The minimum Gasteiger partial charge on any atom is -0.329 e. The molecule has 0 aliphatic heterocycles. The average Bonchev–Trinajstić information content (AvgIpc) is 3.04. The Morgan fingerprint density at radius 2 is 2.00 bits per heavy atom. The minimum absolute atomic E-state index is 0.240. The molecule has 0 aromatic carbocycles. The topological polar surface area (TPSA) is 38.0 Å². The zero-order valence-electron chi connectivity index (χ0n) is 9.39. The second-order valence-electron chi connectivity index (χ2n) is 5.41. The molecule has 2 aliphatic rings. The number of nitrogens with two attached hydrogens (primary N) is 1. The summed E-state index contributed by atoms with van der Waals surface area (Å²) in [6.07, 6.45) is 8.49. The van der Waals surface area contributed by atoms with Crippen LogP contribution < -0.4 is 11.1 Å². The van der Waals surface area contributed by atoms with Gasteiger partial charge in [-0.15, -0.1) is 0 Å². The van der Waals surface area contributed by atoms with Crippen LogP contribution in [0.1, 0.15) is 45.4 Å². The van der Waals surface area contributed by atoms with Crippen molar-refractivity contribution in [1.29, 1.82) is 0 Å². The summed E-state index contributed by atoms with van der Waals surface area (Å²) in [6, 6.07) is 0. The Labute approximate surface area is 87.6 Å². The molecule has 2 nitrogen and oxygen atoms in total. The summed E-state index contributed by atoms with van der Waals surface area (Å²) in [4.78, 5) is 0. The molecule has 0 heterocycles. The van der Waals surface area contributed by atoms with Gasteiger partial charge < -0.3 is 11.1 Å². The highest BCUT2D eigenvalue weighted by Gasteiger charge is 2.39. The molecular weight excluding hydrogens is 172 g/mol. The third kappa shape index (κ3) is 2.71. The third-order valence-electron chi connectivity index (χ3n) is 3.92. The second kappa shape index (κ2) is 4.19. The van der Waals surface area contributed by atoms with Crippen LogP contribution in [0.2, 0.25) is 0 Å². The van der Waals surface area contributed by atoms with Crippen LogP contribution in [0.25, 0.3) is 0 Å². The van der Waals surface area contributed by atoms with Gasteiger partial charge in [0.15, 0.2) is 0 Å². The van der Waals surface area contributed by atoms with E-state index in [0.717, 1.165) is 18.4 Å². The van der Waals surface area contributed by atoms with E-state index in [1.54, 1.807) is 0 Å². The molecule has 3 N–H and O–H groups in total. The molecule has 2 heteroatoms. The van der Waals surface area contributed by atoms with Gasteiger partial charge in [0.2, 0.25) is 0 Å².